The van der Waals surface area contributed by atoms with Gasteiger partial charge in [0.25, 0.3) is 0 Å². The van der Waals surface area contributed by atoms with Crippen LogP contribution in [0.25, 0.3) is 43.1 Å². The first-order valence-electron chi connectivity index (χ1n) is 13.0. The first-order valence-corrected chi connectivity index (χ1v) is 13.0. The maximum absolute atomic E-state index is 4.01. The van der Waals surface area contributed by atoms with Crippen molar-refractivity contribution in [2.24, 2.45) is 0 Å². The Balaban J connectivity index is 0.000000151. The van der Waals surface area contributed by atoms with Crippen molar-refractivity contribution in [3.05, 3.63) is 171 Å². The SMILES string of the molecule is I.[Fe].c1ccc2cnccc2c1.c1ccc2cnccc2c1.c1ccc2cnccc2c1.c1ccc2cnccc2c1. The van der Waals surface area contributed by atoms with Crippen LogP contribution in [0.1, 0.15) is 0 Å². The molecule has 0 aliphatic heterocycles. The van der Waals surface area contributed by atoms with Crippen LogP contribution in [0.4, 0.5) is 0 Å². The van der Waals surface area contributed by atoms with Gasteiger partial charge in [0.2, 0.25) is 0 Å². The minimum atomic E-state index is 0. The van der Waals surface area contributed by atoms with E-state index in [-0.39, 0.29) is 41.0 Å². The summed E-state index contributed by atoms with van der Waals surface area (Å²) in [6, 6.07) is 40.8. The van der Waals surface area contributed by atoms with Crippen LogP contribution in [0.2, 0.25) is 0 Å². The average Bonchev–Trinajstić information content (AvgIpc) is 3.06. The first-order chi connectivity index (χ1) is 19.9. The molecular weight excluding hydrogens is 671 g/mol. The Morgan fingerprint density at radius 3 is 0.643 bits per heavy atom. The van der Waals surface area contributed by atoms with Crippen LogP contribution in [0, 0.1) is 0 Å². The first kappa shape index (κ1) is 32.3. The van der Waals surface area contributed by atoms with Gasteiger partial charge in [-0.1, -0.05) is 97.1 Å². The standard InChI is InChI=1S/4C9H7N.Fe.HI/c4*1-2-4-9-7-10-6-5-8(9)3-1;;/h4*1-7H;;1H. The van der Waals surface area contributed by atoms with Gasteiger partial charge in [0, 0.05) is 66.6 Å². The summed E-state index contributed by atoms with van der Waals surface area (Å²) in [6.45, 7) is 0. The summed E-state index contributed by atoms with van der Waals surface area (Å²) in [6.07, 6.45) is 14.7. The normalized spacial score (nSPS) is 9.52. The molecular formula is C36H29FeIN4. The Bertz CT molecular complexity index is 1400. The average molecular weight is 700 g/mol. The van der Waals surface area contributed by atoms with Gasteiger partial charge in [-0.3, -0.25) is 19.9 Å². The Kier molecular flexibility index (Phi) is 13.5. The minimum Gasteiger partial charge on any atom is -0.264 e. The molecule has 0 aliphatic rings. The second-order valence-electron chi connectivity index (χ2n) is 8.89. The maximum Gasteiger partial charge on any atom is 0.0346 e. The van der Waals surface area contributed by atoms with Gasteiger partial charge in [0.15, 0.2) is 0 Å². The fourth-order valence-electron chi connectivity index (χ4n) is 4.11. The van der Waals surface area contributed by atoms with Crippen molar-refractivity contribution < 1.29 is 17.1 Å². The zero-order chi connectivity index (χ0) is 27.2. The molecule has 8 aromatic rings. The summed E-state index contributed by atoms with van der Waals surface area (Å²) in [5.74, 6) is 0. The number of fused-ring (bicyclic) bond motifs is 4. The summed E-state index contributed by atoms with van der Waals surface area (Å²) in [4.78, 5) is 16.1. The molecule has 4 nitrogen and oxygen atoms in total. The van der Waals surface area contributed by atoms with E-state index < -0.39 is 0 Å². The van der Waals surface area contributed by atoms with Gasteiger partial charge < -0.3 is 0 Å². The molecule has 0 aliphatic carbocycles. The number of benzene rings is 4. The number of halogens is 1. The van der Waals surface area contributed by atoms with Crippen LogP contribution in [0.5, 0.6) is 0 Å². The number of hydrogen-bond acceptors (Lipinski definition) is 4. The van der Waals surface area contributed by atoms with E-state index in [4.69, 9.17) is 0 Å². The molecule has 0 bridgehead atoms. The fourth-order valence-corrected chi connectivity index (χ4v) is 4.11. The van der Waals surface area contributed by atoms with Crippen molar-refractivity contribution in [2.75, 3.05) is 0 Å². The van der Waals surface area contributed by atoms with Crippen LogP contribution in [0.15, 0.2) is 171 Å². The van der Waals surface area contributed by atoms with E-state index in [1.165, 1.54) is 43.1 Å². The minimum absolute atomic E-state index is 0. The number of nitrogens with zero attached hydrogens (tertiary/aromatic N) is 4. The van der Waals surface area contributed by atoms with Gasteiger partial charge in [0.1, 0.15) is 0 Å². The molecule has 0 saturated carbocycles. The van der Waals surface area contributed by atoms with Gasteiger partial charge in [-0.25, -0.2) is 0 Å². The third kappa shape index (κ3) is 9.42. The second kappa shape index (κ2) is 17.6. The summed E-state index contributed by atoms with van der Waals surface area (Å²) < 4.78 is 0. The largest absolute Gasteiger partial charge is 0.264 e. The maximum atomic E-state index is 4.01. The van der Waals surface area contributed by atoms with Gasteiger partial charge in [-0.05, 0) is 67.4 Å². The third-order valence-electron chi connectivity index (χ3n) is 6.20. The molecule has 8 rings (SSSR count). The number of rotatable bonds is 0. The number of hydrogen-bond donors (Lipinski definition) is 0. The van der Waals surface area contributed by atoms with E-state index in [1.54, 1.807) is 0 Å². The quantitative estimate of drug-likeness (QED) is 0.117. The van der Waals surface area contributed by atoms with Crippen molar-refractivity contribution >= 4 is 67.1 Å². The summed E-state index contributed by atoms with van der Waals surface area (Å²) in [5.41, 5.74) is 0. The van der Waals surface area contributed by atoms with Gasteiger partial charge in [-0.2, -0.15) is 0 Å². The summed E-state index contributed by atoms with van der Waals surface area (Å²) in [5, 5.41) is 9.79. The molecule has 0 fully saturated rings. The second-order valence-corrected chi connectivity index (χ2v) is 8.89. The van der Waals surface area contributed by atoms with Crippen LogP contribution in [-0.2, 0) is 17.1 Å². The van der Waals surface area contributed by atoms with E-state index in [9.17, 15) is 0 Å². The van der Waals surface area contributed by atoms with Crippen molar-refractivity contribution in [3.63, 3.8) is 0 Å². The molecule has 4 aromatic heterocycles. The fraction of sp³-hybridized carbons (Fsp3) is 0. The van der Waals surface area contributed by atoms with Gasteiger partial charge in [-0.15, -0.1) is 24.0 Å². The topological polar surface area (TPSA) is 51.6 Å². The van der Waals surface area contributed by atoms with Gasteiger partial charge >= 0.3 is 0 Å². The molecule has 4 heterocycles. The van der Waals surface area contributed by atoms with Crippen LogP contribution in [0.3, 0.4) is 0 Å². The molecule has 0 unspecified atom stereocenters. The Hall–Kier alpha value is -4.23. The number of aromatic nitrogens is 4. The van der Waals surface area contributed by atoms with E-state index in [1.807, 2.05) is 122 Å². The monoisotopic (exact) mass is 700 g/mol. The predicted octanol–water partition coefficient (Wildman–Crippen LogP) is 9.55. The van der Waals surface area contributed by atoms with E-state index >= 15 is 0 Å². The van der Waals surface area contributed by atoms with Crippen molar-refractivity contribution in [1.29, 1.82) is 0 Å². The molecule has 0 radical (unpaired) electrons. The van der Waals surface area contributed by atoms with Gasteiger partial charge in [0.05, 0.1) is 0 Å². The Morgan fingerprint density at radius 2 is 0.452 bits per heavy atom. The van der Waals surface area contributed by atoms with E-state index in [2.05, 4.69) is 68.5 Å². The van der Waals surface area contributed by atoms with E-state index in [0.29, 0.717) is 0 Å². The van der Waals surface area contributed by atoms with Crippen LogP contribution >= 0.6 is 24.0 Å². The molecule has 6 heteroatoms. The summed E-state index contributed by atoms with van der Waals surface area (Å²) >= 11 is 0. The molecule has 0 amide bonds. The number of pyridine rings is 4. The molecule has 0 spiro atoms. The molecule has 0 N–H and O–H groups in total. The van der Waals surface area contributed by atoms with E-state index in [0.717, 1.165) is 0 Å². The zero-order valence-electron chi connectivity index (χ0n) is 22.7. The smallest absolute Gasteiger partial charge is 0.0346 e. The molecule has 4 aromatic carbocycles. The van der Waals surface area contributed by atoms with Crippen molar-refractivity contribution in [1.82, 2.24) is 19.9 Å². The van der Waals surface area contributed by atoms with Crippen molar-refractivity contribution in [2.45, 2.75) is 0 Å². The molecule has 208 valence electrons. The van der Waals surface area contributed by atoms with Crippen LogP contribution in [-0.4, -0.2) is 19.9 Å². The third-order valence-corrected chi connectivity index (χ3v) is 6.20. The molecule has 0 saturated heterocycles. The Morgan fingerprint density at radius 1 is 0.262 bits per heavy atom. The van der Waals surface area contributed by atoms with Crippen molar-refractivity contribution in [3.8, 4) is 0 Å². The molecule has 42 heavy (non-hydrogen) atoms. The molecule has 0 atom stereocenters. The predicted molar refractivity (Wildman–Crippen MR) is 182 cm³/mol. The zero-order valence-corrected chi connectivity index (χ0v) is 26.2. The summed E-state index contributed by atoms with van der Waals surface area (Å²) in [7, 11) is 0. The Labute approximate surface area is 273 Å². The van der Waals surface area contributed by atoms with Crippen LogP contribution < -0.4 is 0 Å².